The highest BCUT2D eigenvalue weighted by Crippen LogP contribution is 2.11. The molecule has 2 aromatic rings. The first-order valence-electron chi connectivity index (χ1n) is 5.74. The molecule has 0 aliphatic heterocycles. The summed E-state index contributed by atoms with van der Waals surface area (Å²) >= 11 is 0. The van der Waals surface area contributed by atoms with Crippen LogP contribution in [0.2, 0.25) is 0 Å². The maximum atomic E-state index is 13.0. The topological polar surface area (TPSA) is 17.1 Å². The van der Waals surface area contributed by atoms with Crippen molar-refractivity contribution in [1.82, 2.24) is 0 Å². The minimum atomic E-state index is -0.976. The lowest BCUT2D eigenvalue weighted by molar-refractivity contribution is -0.117. The van der Waals surface area contributed by atoms with E-state index < -0.39 is 17.5 Å². The lowest BCUT2D eigenvalue weighted by atomic mass is 10.0. The van der Waals surface area contributed by atoms with E-state index in [-0.39, 0.29) is 18.6 Å². The summed E-state index contributed by atoms with van der Waals surface area (Å²) in [5.74, 6) is -2.51. The van der Waals surface area contributed by atoms with Crippen molar-refractivity contribution in [2.24, 2.45) is 0 Å². The van der Waals surface area contributed by atoms with Crippen molar-refractivity contribution in [3.05, 3.63) is 71.0 Å². The second kappa shape index (κ2) is 5.69. The van der Waals surface area contributed by atoms with Crippen LogP contribution in [0.1, 0.15) is 11.1 Å². The van der Waals surface area contributed by atoms with Crippen molar-refractivity contribution in [2.45, 2.75) is 12.8 Å². The summed E-state index contributed by atoms with van der Waals surface area (Å²) in [6, 6.07) is 9.09. The fourth-order valence-corrected chi connectivity index (χ4v) is 1.81. The van der Waals surface area contributed by atoms with Gasteiger partial charge in [0.15, 0.2) is 11.6 Å². The molecule has 0 saturated heterocycles. The first kappa shape index (κ1) is 13.3. The van der Waals surface area contributed by atoms with Gasteiger partial charge in [0.1, 0.15) is 11.6 Å². The van der Waals surface area contributed by atoms with Crippen LogP contribution in [0.25, 0.3) is 0 Å². The summed E-state index contributed by atoms with van der Waals surface area (Å²) < 4.78 is 38.6. The van der Waals surface area contributed by atoms with Gasteiger partial charge in [-0.2, -0.15) is 0 Å². The van der Waals surface area contributed by atoms with Crippen LogP contribution in [0, 0.1) is 17.5 Å². The van der Waals surface area contributed by atoms with Gasteiger partial charge in [-0.15, -0.1) is 0 Å². The summed E-state index contributed by atoms with van der Waals surface area (Å²) in [4.78, 5) is 11.8. The number of hydrogen-bond acceptors (Lipinski definition) is 1. The molecule has 0 atom stereocenters. The second-order valence-electron chi connectivity index (χ2n) is 4.27. The van der Waals surface area contributed by atoms with E-state index >= 15 is 0 Å². The molecular weight excluding hydrogens is 253 g/mol. The number of carbonyl (C=O) groups excluding carboxylic acids is 1. The number of halogens is 3. The molecule has 0 unspecified atom stereocenters. The zero-order chi connectivity index (χ0) is 13.8. The van der Waals surface area contributed by atoms with Crippen LogP contribution in [-0.2, 0) is 17.6 Å². The van der Waals surface area contributed by atoms with E-state index in [0.717, 1.165) is 12.1 Å². The molecule has 2 rings (SSSR count). The molecule has 2 aromatic carbocycles. The SMILES string of the molecule is O=C(Cc1cccc(F)c1)Cc1ccc(F)c(F)c1. The van der Waals surface area contributed by atoms with E-state index in [0.29, 0.717) is 11.1 Å². The number of carbonyl (C=O) groups is 1. The summed E-state index contributed by atoms with van der Waals surface area (Å²) in [6.07, 6.45) is 0.0600. The number of ketones is 1. The number of benzene rings is 2. The minimum absolute atomic E-state index is 0.00624. The van der Waals surface area contributed by atoms with E-state index in [1.54, 1.807) is 6.07 Å². The highest BCUT2D eigenvalue weighted by molar-refractivity contribution is 5.83. The molecule has 0 spiro atoms. The van der Waals surface area contributed by atoms with Crippen LogP contribution < -0.4 is 0 Å². The maximum Gasteiger partial charge on any atom is 0.159 e. The third-order valence-corrected chi connectivity index (χ3v) is 2.68. The fraction of sp³-hybridized carbons (Fsp3) is 0.133. The van der Waals surface area contributed by atoms with Gasteiger partial charge in [-0.1, -0.05) is 18.2 Å². The lowest BCUT2D eigenvalue weighted by Crippen LogP contribution is -2.07. The zero-order valence-corrected chi connectivity index (χ0v) is 10.00. The molecule has 0 heterocycles. The first-order valence-corrected chi connectivity index (χ1v) is 5.74. The Kier molecular flexibility index (Phi) is 4.00. The normalized spacial score (nSPS) is 10.5. The average molecular weight is 264 g/mol. The highest BCUT2D eigenvalue weighted by Gasteiger charge is 2.08. The predicted octanol–water partition coefficient (Wildman–Crippen LogP) is 3.46. The summed E-state index contributed by atoms with van der Waals surface area (Å²) in [7, 11) is 0. The van der Waals surface area contributed by atoms with Crippen LogP contribution in [0.3, 0.4) is 0 Å². The van der Waals surface area contributed by atoms with Gasteiger partial charge in [0, 0.05) is 12.8 Å². The molecule has 4 heteroatoms. The zero-order valence-electron chi connectivity index (χ0n) is 10.00. The maximum absolute atomic E-state index is 13.0. The number of rotatable bonds is 4. The Balaban J connectivity index is 2.03. The molecule has 0 fully saturated rings. The summed E-state index contributed by atoms with van der Waals surface area (Å²) in [5.41, 5.74) is 0.966. The molecular formula is C15H11F3O. The molecule has 98 valence electrons. The summed E-state index contributed by atoms with van der Waals surface area (Å²) in [6.45, 7) is 0. The predicted molar refractivity (Wildman–Crippen MR) is 65.2 cm³/mol. The largest absolute Gasteiger partial charge is 0.299 e. The number of Topliss-reactive ketones (excluding diaryl/α,β-unsaturated/α-hetero) is 1. The molecule has 0 amide bonds. The van der Waals surface area contributed by atoms with Crippen molar-refractivity contribution < 1.29 is 18.0 Å². The van der Waals surface area contributed by atoms with E-state index in [4.69, 9.17) is 0 Å². The molecule has 0 aliphatic rings. The van der Waals surface area contributed by atoms with Crippen LogP contribution in [0.15, 0.2) is 42.5 Å². The Morgan fingerprint density at radius 2 is 1.53 bits per heavy atom. The van der Waals surface area contributed by atoms with Gasteiger partial charge in [-0.25, -0.2) is 13.2 Å². The molecule has 0 aromatic heterocycles. The Morgan fingerprint density at radius 1 is 0.842 bits per heavy atom. The van der Waals surface area contributed by atoms with Gasteiger partial charge in [0.25, 0.3) is 0 Å². The van der Waals surface area contributed by atoms with E-state index in [1.165, 1.54) is 24.3 Å². The van der Waals surface area contributed by atoms with Gasteiger partial charge in [-0.05, 0) is 35.4 Å². The van der Waals surface area contributed by atoms with Crippen molar-refractivity contribution in [3.63, 3.8) is 0 Å². The van der Waals surface area contributed by atoms with Crippen molar-refractivity contribution in [2.75, 3.05) is 0 Å². The van der Waals surface area contributed by atoms with Crippen LogP contribution in [0.5, 0.6) is 0 Å². The second-order valence-corrected chi connectivity index (χ2v) is 4.27. The van der Waals surface area contributed by atoms with Crippen molar-refractivity contribution in [3.8, 4) is 0 Å². The van der Waals surface area contributed by atoms with Crippen molar-refractivity contribution >= 4 is 5.78 Å². The molecule has 0 aliphatic carbocycles. The van der Waals surface area contributed by atoms with Gasteiger partial charge < -0.3 is 0 Å². The van der Waals surface area contributed by atoms with Crippen LogP contribution >= 0.6 is 0 Å². The van der Waals surface area contributed by atoms with Gasteiger partial charge in [0.2, 0.25) is 0 Å². The monoisotopic (exact) mass is 264 g/mol. The van der Waals surface area contributed by atoms with Crippen molar-refractivity contribution in [1.29, 1.82) is 0 Å². The van der Waals surface area contributed by atoms with Gasteiger partial charge in [0.05, 0.1) is 0 Å². The highest BCUT2D eigenvalue weighted by atomic mass is 19.2. The quantitative estimate of drug-likeness (QED) is 0.826. The first-order chi connectivity index (χ1) is 9.04. The standard InChI is InChI=1S/C15H11F3O/c16-12-3-1-2-10(6-12)7-13(19)8-11-4-5-14(17)15(18)9-11/h1-6,9H,7-8H2. The molecule has 0 bridgehead atoms. The molecule has 0 radical (unpaired) electrons. The molecule has 19 heavy (non-hydrogen) atoms. The third kappa shape index (κ3) is 3.68. The Bertz CT molecular complexity index is 608. The molecule has 1 nitrogen and oxygen atoms in total. The lowest BCUT2D eigenvalue weighted by Gasteiger charge is -2.03. The van der Waals surface area contributed by atoms with E-state index in [1.807, 2.05) is 0 Å². The fourth-order valence-electron chi connectivity index (χ4n) is 1.81. The van der Waals surface area contributed by atoms with E-state index in [9.17, 15) is 18.0 Å². The minimum Gasteiger partial charge on any atom is -0.299 e. The Labute approximate surface area is 108 Å². The van der Waals surface area contributed by atoms with E-state index in [2.05, 4.69) is 0 Å². The Morgan fingerprint density at radius 3 is 2.16 bits per heavy atom. The number of hydrogen-bond donors (Lipinski definition) is 0. The van der Waals surface area contributed by atoms with Gasteiger partial charge >= 0.3 is 0 Å². The van der Waals surface area contributed by atoms with Crippen LogP contribution in [0.4, 0.5) is 13.2 Å². The molecule has 0 N–H and O–H groups in total. The third-order valence-electron chi connectivity index (χ3n) is 2.68. The Hall–Kier alpha value is -2.10. The van der Waals surface area contributed by atoms with Crippen LogP contribution in [-0.4, -0.2) is 5.78 Å². The summed E-state index contributed by atoms with van der Waals surface area (Å²) in [5, 5.41) is 0. The average Bonchev–Trinajstić information content (AvgIpc) is 2.34. The molecule has 0 saturated carbocycles. The van der Waals surface area contributed by atoms with Gasteiger partial charge in [-0.3, -0.25) is 4.79 Å². The smallest absolute Gasteiger partial charge is 0.159 e.